The summed E-state index contributed by atoms with van der Waals surface area (Å²) < 4.78 is 52.3. The van der Waals surface area contributed by atoms with Gasteiger partial charge < -0.3 is 20.4 Å². The van der Waals surface area contributed by atoms with E-state index in [0.29, 0.717) is 17.5 Å². The Morgan fingerprint density at radius 1 is 1.09 bits per heavy atom. The van der Waals surface area contributed by atoms with Crippen molar-refractivity contribution in [3.63, 3.8) is 0 Å². The van der Waals surface area contributed by atoms with E-state index in [9.17, 15) is 12.8 Å². The average molecular weight is 497 g/mol. The summed E-state index contributed by atoms with van der Waals surface area (Å²) in [6, 6.07) is 18.8. The Bertz CT molecular complexity index is 1380. The van der Waals surface area contributed by atoms with Crippen molar-refractivity contribution in [3.8, 4) is 5.75 Å². The fourth-order valence-electron chi connectivity index (χ4n) is 4.08. The van der Waals surface area contributed by atoms with Gasteiger partial charge >= 0.3 is 0 Å². The summed E-state index contributed by atoms with van der Waals surface area (Å²) in [5.41, 5.74) is 6.75. The fourth-order valence-corrected chi connectivity index (χ4v) is 5.75. The lowest BCUT2D eigenvalue weighted by Crippen LogP contribution is -2.27. The average Bonchev–Trinajstić information content (AvgIpc) is 3.22. The number of benzene rings is 3. The Labute approximate surface area is 203 Å². The van der Waals surface area contributed by atoms with Crippen molar-refractivity contribution in [2.24, 2.45) is 10.9 Å². The van der Waals surface area contributed by atoms with Gasteiger partial charge in [0.05, 0.1) is 16.9 Å². The minimum atomic E-state index is -3.98. The van der Waals surface area contributed by atoms with E-state index >= 15 is 0 Å². The predicted octanol–water partition coefficient (Wildman–Crippen LogP) is 4.49. The maximum Gasteiger partial charge on any atom is 0.206 e. The third-order valence-electron chi connectivity index (χ3n) is 5.87. The van der Waals surface area contributed by atoms with Gasteiger partial charge in [-0.1, -0.05) is 41.6 Å². The maximum atomic E-state index is 13.6. The molecule has 0 aliphatic carbocycles. The van der Waals surface area contributed by atoms with Crippen molar-refractivity contribution >= 4 is 21.4 Å². The number of ether oxygens (including phenoxy) is 2. The molecule has 3 aromatic rings. The number of methoxy groups -OCH3 is 1. The van der Waals surface area contributed by atoms with Crippen LogP contribution < -0.4 is 10.5 Å². The number of nitrogens with two attached hydrogens (primary N) is 1. The maximum absolute atomic E-state index is 13.6. The van der Waals surface area contributed by atoms with Crippen LogP contribution in [-0.2, 0) is 21.0 Å². The largest absolute Gasteiger partial charge is 0.497 e. The fraction of sp³-hybridized carbons (Fsp3) is 0.192. The third-order valence-corrected chi connectivity index (χ3v) is 7.74. The van der Waals surface area contributed by atoms with Crippen LogP contribution in [0.15, 0.2) is 87.8 Å². The molecule has 0 saturated carbocycles. The third kappa shape index (κ3) is 5.00. The molecular weight excluding hydrogens is 471 g/mol. The van der Waals surface area contributed by atoms with Gasteiger partial charge in [-0.05, 0) is 48.9 Å². The number of nitrogens with zero attached hydrogens (tertiary/aromatic N) is 1. The van der Waals surface area contributed by atoms with E-state index in [1.54, 1.807) is 31.4 Å². The molecule has 182 valence electrons. The molecule has 0 spiro atoms. The van der Waals surface area contributed by atoms with Crippen molar-refractivity contribution in [2.75, 3.05) is 7.11 Å². The van der Waals surface area contributed by atoms with Gasteiger partial charge in [0.1, 0.15) is 22.9 Å². The summed E-state index contributed by atoms with van der Waals surface area (Å²) in [5.74, 6) is 0.345. The molecule has 0 bridgehead atoms. The number of sulfone groups is 1. The van der Waals surface area contributed by atoms with Crippen LogP contribution in [0, 0.1) is 5.82 Å². The molecule has 3 N–H and O–H groups in total. The first kappa shape index (κ1) is 24.3. The van der Waals surface area contributed by atoms with Crippen LogP contribution in [0.1, 0.15) is 30.0 Å². The summed E-state index contributed by atoms with van der Waals surface area (Å²) >= 11 is 0. The number of hydrogen-bond donors (Lipinski definition) is 2. The minimum Gasteiger partial charge on any atom is -0.497 e. The molecule has 0 fully saturated rings. The zero-order valence-corrected chi connectivity index (χ0v) is 20.0. The standard InChI is InChI=1S/C26H25FN2O5S/c1-26(15-17-3-11-21(33-2)12-4-17)16-23(35(31,32)22-13-9-20(27)10-14-22)24(34-26)18-5-7-19(8-6-18)25(28)29-30/h3-14,30H,15-16H2,1-2H3,(H2,28,29). The van der Waals surface area contributed by atoms with Crippen LogP contribution in [0.5, 0.6) is 5.75 Å². The van der Waals surface area contributed by atoms with E-state index in [0.717, 1.165) is 23.4 Å². The molecule has 0 amide bonds. The monoisotopic (exact) mass is 496 g/mol. The van der Waals surface area contributed by atoms with Crippen LogP contribution in [0.4, 0.5) is 4.39 Å². The number of rotatable bonds is 7. The van der Waals surface area contributed by atoms with Gasteiger partial charge in [-0.15, -0.1) is 0 Å². The first-order valence-electron chi connectivity index (χ1n) is 10.8. The van der Waals surface area contributed by atoms with Crippen molar-refractivity contribution < 1.29 is 27.5 Å². The lowest BCUT2D eigenvalue weighted by atomic mass is 9.94. The predicted molar refractivity (Wildman–Crippen MR) is 130 cm³/mol. The molecule has 1 aliphatic heterocycles. The first-order valence-corrected chi connectivity index (χ1v) is 12.3. The second-order valence-corrected chi connectivity index (χ2v) is 10.5. The van der Waals surface area contributed by atoms with E-state index in [1.807, 2.05) is 31.2 Å². The second-order valence-electron chi connectivity index (χ2n) is 8.53. The SMILES string of the molecule is COc1ccc(CC2(C)CC(S(=O)(=O)c3ccc(F)cc3)=C(c3ccc(/C(N)=N/O)cc3)O2)cc1. The number of oxime groups is 1. The number of amidine groups is 1. The van der Waals surface area contributed by atoms with Crippen molar-refractivity contribution in [2.45, 2.75) is 30.3 Å². The van der Waals surface area contributed by atoms with Crippen LogP contribution in [-0.4, -0.2) is 32.2 Å². The molecule has 7 nitrogen and oxygen atoms in total. The smallest absolute Gasteiger partial charge is 0.206 e. The van der Waals surface area contributed by atoms with Gasteiger partial charge in [-0.25, -0.2) is 12.8 Å². The summed E-state index contributed by atoms with van der Waals surface area (Å²) in [6.45, 7) is 1.86. The lowest BCUT2D eigenvalue weighted by molar-refractivity contribution is 0.0800. The summed E-state index contributed by atoms with van der Waals surface area (Å²) in [4.78, 5) is 0.0913. The molecule has 0 aromatic heterocycles. The Kier molecular flexibility index (Phi) is 6.53. The highest BCUT2D eigenvalue weighted by Crippen LogP contribution is 2.45. The van der Waals surface area contributed by atoms with Gasteiger partial charge in [0.25, 0.3) is 0 Å². The topological polar surface area (TPSA) is 111 Å². The van der Waals surface area contributed by atoms with Crippen LogP contribution in [0.2, 0.25) is 0 Å². The Balaban J connectivity index is 1.75. The van der Waals surface area contributed by atoms with E-state index in [2.05, 4.69) is 5.16 Å². The van der Waals surface area contributed by atoms with Gasteiger partial charge in [-0.2, -0.15) is 0 Å². The number of halogens is 1. The van der Waals surface area contributed by atoms with E-state index < -0.39 is 21.3 Å². The Morgan fingerprint density at radius 2 is 1.71 bits per heavy atom. The highest BCUT2D eigenvalue weighted by Gasteiger charge is 2.43. The van der Waals surface area contributed by atoms with E-state index in [-0.39, 0.29) is 27.8 Å². The zero-order valence-electron chi connectivity index (χ0n) is 19.2. The normalized spacial score (nSPS) is 18.4. The minimum absolute atomic E-state index is 0.0167. The van der Waals surface area contributed by atoms with Gasteiger partial charge in [0.2, 0.25) is 9.84 Å². The molecule has 0 radical (unpaired) electrons. The summed E-state index contributed by atoms with van der Waals surface area (Å²) in [7, 11) is -2.39. The van der Waals surface area contributed by atoms with Crippen molar-refractivity contribution in [1.82, 2.24) is 0 Å². The van der Waals surface area contributed by atoms with E-state index in [1.165, 1.54) is 12.1 Å². The highest BCUT2D eigenvalue weighted by atomic mass is 32.2. The summed E-state index contributed by atoms with van der Waals surface area (Å²) in [6.07, 6.45) is 0.571. The second kappa shape index (κ2) is 9.42. The van der Waals surface area contributed by atoms with Crippen LogP contribution in [0.3, 0.4) is 0 Å². The summed E-state index contributed by atoms with van der Waals surface area (Å²) in [5, 5.41) is 11.9. The zero-order chi connectivity index (χ0) is 25.2. The Morgan fingerprint density at radius 3 is 2.29 bits per heavy atom. The van der Waals surface area contributed by atoms with Gasteiger partial charge in [0, 0.05) is 24.0 Å². The molecule has 1 atom stereocenters. The first-order chi connectivity index (χ1) is 16.6. The van der Waals surface area contributed by atoms with Crippen LogP contribution in [0.25, 0.3) is 5.76 Å². The molecule has 3 aromatic carbocycles. The quantitative estimate of drug-likeness (QED) is 0.164. The van der Waals surface area contributed by atoms with Crippen LogP contribution >= 0.6 is 0 Å². The highest BCUT2D eigenvalue weighted by molar-refractivity contribution is 7.95. The van der Waals surface area contributed by atoms with Gasteiger partial charge in [0.15, 0.2) is 5.84 Å². The Hall–Kier alpha value is -3.85. The van der Waals surface area contributed by atoms with E-state index in [4.69, 9.17) is 20.4 Å². The molecule has 9 heteroatoms. The molecule has 0 saturated heterocycles. The van der Waals surface area contributed by atoms with Crippen molar-refractivity contribution in [3.05, 3.63) is 100 Å². The lowest BCUT2D eigenvalue weighted by Gasteiger charge is -2.25. The molecule has 1 unspecified atom stereocenters. The molecule has 35 heavy (non-hydrogen) atoms. The van der Waals surface area contributed by atoms with Crippen molar-refractivity contribution in [1.29, 1.82) is 0 Å². The number of hydrogen-bond acceptors (Lipinski definition) is 6. The molecule has 1 aliphatic rings. The van der Waals surface area contributed by atoms with Gasteiger partial charge in [-0.3, -0.25) is 0 Å². The molecular formula is C26H25FN2O5S. The molecule has 4 rings (SSSR count). The molecule has 1 heterocycles.